The maximum atomic E-state index is 11.8. The summed E-state index contributed by atoms with van der Waals surface area (Å²) >= 11 is 0. The number of phosphoric ester groups is 1. The van der Waals surface area contributed by atoms with E-state index in [-0.39, 0.29) is 6.42 Å². The van der Waals surface area contributed by atoms with Crippen molar-refractivity contribution in [1.82, 2.24) is 5.32 Å². The van der Waals surface area contributed by atoms with Gasteiger partial charge in [0.2, 0.25) is 5.91 Å². The van der Waals surface area contributed by atoms with Crippen LogP contribution < -0.4 is 5.32 Å². The van der Waals surface area contributed by atoms with Gasteiger partial charge in [-0.2, -0.15) is 0 Å². The highest BCUT2D eigenvalue weighted by atomic mass is 31.2. The fourth-order valence-electron chi connectivity index (χ4n) is 2.07. The van der Waals surface area contributed by atoms with Crippen LogP contribution in [0.5, 0.6) is 0 Å². The van der Waals surface area contributed by atoms with Gasteiger partial charge in [-0.05, 0) is 6.42 Å². The molecule has 1 heterocycles. The minimum absolute atomic E-state index is 0.00950. The molecule has 1 unspecified atom stereocenters. The van der Waals surface area contributed by atoms with Crippen LogP contribution in [0.3, 0.4) is 0 Å². The quantitative estimate of drug-likeness (QED) is 0.169. The molecule has 1 rings (SSSR count). The number of amides is 1. The third-order valence-corrected chi connectivity index (χ3v) is 3.66. The predicted molar refractivity (Wildman–Crippen MR) is 75.5 cm³/mol. The van der Waals surface area contributed by atoms with Gasteiger partial charge >= 0.3 is 7.82 Å². The van der Waals surface area contributed by atoms with Crippen molar-refractivity contribution in [2.24, 2.45) is 0 Å². The number of aliphatic hydroxyl groups excluding tert-OH is 3. The van der Waals surface area contributed by atoms with Crippen molar-refractivity contribution in [1.29, 1.82) is 0 Å². The first kappa shape index (κ1) is 20.0. The first-order chi connectivity index (χ1) is 10.7. The molecule has 0 spiro atoms. The number of terminal acetylenes is 1. The summed E-state index contributed by atoms with van der Waals surface area (Å²) in [6.45, 7) is -0.720. The number of ether oxygens (including phenoxy) is 1. The Hall–Kier alpha value is -1.02. The zero-order chi connectivity index (χ0) is 17.6. The van der Waals surface area contributed by atoms with Gasteiger partial charge in [-0.15, -0.1) is 12.3 Å². The summed E-state index contributed by atoms with van der Waals surface area (Å²) in [5, 5.41) is 31.1. The molecule has 1 aliphatic heterocycles. The van der Waals surface area contributed by atoms with Gasteiger partial charge in [-0.1, -0.05) is 0 Å². The lowest BCUT2D eigenvalue weighted by Crippen LogP contribution is -2.64. The number of hydrogen-bond donors (Lipinski definition) is 6. The molecular weight excluding hydrogens is 333 g/mol. The first-order valence-corrected chi connectivity index (χ1v) is 8.32. The SMILES string of the molecule is C#CCCCC(=O)N[C@H]1C(OP(=O)(O)O)O[C@H](CO)[C@H](O)[C@@H]1O. The third-order valence-electron chi connectivity index (χ3n) is 3.17. The fraction of sp³-hybridized carbons (Fsp3) is 0.750. The van der Waals surface area contributed by atoms with Gasteiger partial charge in [-0.3, -0.25) is 9.32 Å². The number of rotatable bonds is 7. The molecule has 1 saturated heterocycles. The minimum Gasteiger partial charge on any atom is -0.394 e. The van der Waals surface area contributed by atoms with Crippen LogP contribution in [0.2, 0.25) is 0 Å². The molecular formula is C12H20NO9P. The summed E-state index contributed by atoms with van der Waals surface area (Å²) in [6, 6.07) is -1.43. The molecule has 0 saturated carbocycles. The largest absolute Gasteiger partial charge is 0.472 e. The number of carbonyl (C=O) groups is 1. The van der Waals surface area contributed by atoms with E-state index in [4.69, 9.17) is 26.1 Å². The zero-order valence-electron chi connectivity index (χ0n) is 12.1. The summed E-state index contributed by atoms with van der Waals surface area (Å²) in [6.07, 6.45) is -0.510. The van der Waals surface area contributed by atoms with E-state index < -0.39 is 51.0 Å². The van der Waals surface area contributed by atoms with E-state index in [1.807, 2.05) is 0 Å². The monoisotopic (exact) mass is 353 g/mol. The van der Waals surface area contributed by atoms with Crippen LogP contribution in [-0.2, 0) is 18.6 Å². The van der Waals surface area contributed by atoms with Gasteiger partial charge in [0.1, 0.15) is 24.4 Å². The van der Waals surface area contributed by atoms with Gasteiger partial charge in [0.05, 0.1) is 6.61 Å². The van der Waals surface area contributed by atoms with Crippen molar-refractivity contribution in [3.63, 3.8) is 0 Å². The second-order valence-electron chi connectivity index (χ2n) is 4.95. The van der Waals surface area contributed by atoms with Gasteiger partial charge in [0.15, 0.2) is 6.29 Å². The van der Waals surface area contributed by atoms with Gasteiger partial charge in [0, 0.05) is 12.8 Å². The molecule has 1 fully saturated rings. The predicted octanol–water partition coefficient (Wildman–Crippen LogP) is -2.18. The van der Waals surface area contributed by atoms with Crippen molar-refractivity contribution in [3.8, 4) is 12.3 Å². The molecule has 0 aromatic heterocycles. The number of carbonyl (C=O) groups excluding carboxylic acids is 1. The van der Waals surface area contributed by atoms with Gasteiger partial charge in [-0.25, -0.2) is 4.57 Å². The van der Waals surface area contributed by atoms with E-state index in [0.717, 1.165) is 0 Å². The Bertz CT molecular complexity index is 487. The maximum Gasteiger partial charge on any atom is 0.472 e. The number of phosphoric acid groups is 1. The lowest BCUT2D eigenvalue weighted by atomic mass is 9.97. The van der Waals surface area contributed by atoms with E-state index >= 15 is 0 Å². The molecule has 11 heteroatoms. The van der Waals surface area contributed by atoms with Crippen LogP contribution in [0.4, 0.5) is 0 Å². The number of nitrogens with one attached hydrogen (secondary N) is 1. The Morgan fingerprint density at radius 3 is 2.52 bits per heavy atom. The second-order valence-corrected chi connectivity index (χ2v) is 6.15. The molecule has 132 valence electrons. The maximum absolute atomic E-state index is 11.8. The van der Waals surface area contributed by atoms with Crippen LogP contribution in [-0.4, -0.2) is 68.3 Å². The van der Waals surface area contributed by atoms with E-state index in [0.29, 0.717) is 12.8 Å². The molecule has 1 aliphatic rings. The molecule has 0 aromatic carbocycles. The molecule has 5 atom stereocenters. The topological polar surface area (TPSA) is 166 Å². The second kappa shape index (κ2) is 8.73. The van der Waals surface area contributed by atoms with Crippen molar-refractivity contribution >= 4 is 13.7 Å². The van der Waals surface area contributed by atoms with Crippen molar-refractivity contribution in [2.75, 3.05) is 6.61 Å². The first-order valence-electron chi connectivity index (χ1n) is 6.79. The van der Waals surface area contributed by atoms with Crippen LogP contribution in [0.25, 0.3) is 0 Å². The molecule has 0 radical (unpaired) electrons. The van der Waals surface area contributed by atoms with Crippen molar-refractivity contribution < 1.29 is 43.7 Å². The third kappa shape index (κ3) is 6.18. The molecule has 6 N–H and O–H groups in total. The molecule has 1 amide bonds. The van der Waals surface area contributed by atoms with E-state index in [1.54, 1.807) is 0 Å². The Morgan fingerprint density at radius 1 is 1.35 bits per heavy atom. The van der Waals surface area contributed by atoms with Crippen LogP contribution in [0, 0.1) is 12.3 Å². The minimum atomic E-state index is -5.00. The van der Waals surface area contributed by atoms with Gasteiger partial charge in [0.25, 0.3) is 0 Å². The number of hydrogen-bond acceptors (Lipinski definition) is 7. The summed E-state index contributed by atoms with van der Waals surface area (Å²) in [7, 11) is -5.00. The Labute approximate surface area is 132 Å². The van der Waals surface area contributed by atoms with Crippen LogP contribution in [0.15, 0.2) is 0 Å². The molecule has 0 bridgehead atoms. The molecule has 10 nitrogen and oxygen atoms in total. The smallest absolute Gasteiger partial charge is 0.394 e. The number of unbranched alkanes of at least 4 members (excludes halogenated alkanes) is 1. The highest BCUT2D eigenvalue weighted by molar-refractivity contribution is 7.46. The molecule has 23 heavy (non-hydrogen) atoms. The van der Waals surface area contributed by atoms with Gasteiger partial charge < -0.3 is 35.2 Å². The summed E-state index contributed by atoms with van der Waals surface area (Å²) < 4.78 is 20.4. The highest BCUT2D eigenvalue weighted by Crippen LogP contribution is 2.40. The molecule has 0 aliphatic carbocycles. The summed E-state index contributed by atoms with van der Waals surface area (Å²) in [4.78, 5) is 29.5. The fourth-order valence-corrected chi connectivity index (χ4v) is 2.52. The Balaban J connectivity index is 2.82. The normalized spacial score (nSPS) is 31.4. The highest BCUT2D eigenvalue weighted by Gasteiger charge is 2.47. The lowest BCUT2D eigenvalue weighted by molar-refractivity contribution is -0.248. The number of aliphatic hydroxyl groups is 3. The van der Waals surface area contributed by atoms with Crippen molar-refractivity contribution in [2.45, 2.75) is 49.9 Å². The average molecular weight is 353 g/mol. The summed E-state index contributed by atoms with van der Waals surface area (Å²) in [5.74, 6) is 1.78. The van der Waals surface area contributed by atoms with E-state index in [2.05, 4.69) is 15.8 Å². The van der Waals surface area contributed by atoms with Crippen LogP contribution in [0.1, 0.15) is 19.3 Å². The van der Waals surface area contributed by atoms with E-state index in [9.17, 15) is 19.6 Å². The standard InChI is InChI=1S/C12H20NO9P/c1-2-3-4-5-8(15)13-9-11(17)10(16)7(6-14)21-12(9)22-23(18,19)20/h1,7,9-12,14,16-17H,3-6H2,(H,13,15)(H2,18,19,20)/t7-,9-,10+,11-,12?/m1/s1. The average Bonchev–Trinajstić information content (AvgIpc) is 2.45. The Morgan fingerprint density at radius 2 is 2.00 bits per heavy atom. The van der Waals surface area contributed by atoms with Crippen molar-refractivity contribution in [3.05, 3.63) is 0 Å². The summed E-state index contributed by atoms with van der Waals surface area (Å²) in [5.41, 5.74) is 0. The zero-order valence-corrected chi connectivity index (χ0v) is 13.0. The Kier molecular flexibility index (Phi) is 7.60. The molecule has 0 aromatic rings. The lowest BCUT2D eigenvalue weighted by Gasteiger charge is -2.42. The van der Waals surface area contributed by atoms with Crippen LogP contribution >= 0.6 is 7.82 Å². The van der Waals surface area contributed by atoms with E-state index in [1.165, 1.54) is 0 Å².